The molecule has 0 radical (unpaired) electrons. The number of aliphatic hydroxyl groups is 1. The number of nitrogens with one attached hydrogen (secondary N) is 1. The molecular formula is C11H17ClN2O. The molecule has 0 heterocycles. The zero-order valence-electron chi connectivity index (χ0n) is 9.13. The highest BCUT2D eigenvalue weighted by atomic mass is 35.5. The SMILES string of the molecule is CNCc1ccc(N(C)CCO)cc1Cl. The van der Waals surface area contributed by atoms with Gasteiger partial charge in [-0.15, -0.1) is 0 Å². The lowest BCUT2D eigenvalue weighted by atomic mass is 10.2. The van der Waals surface area contributed by atoms with Gasteiger partial charge in [0, 0.05) is 30.8 Å². The lowest BCUT2D eigenvalue weighted by Gasteiger charge is -2.18. The van der Waals surface area contributed by atoms with Crippen LogP contribution < -0.4 is 10.2 Å². The van der Waals surface area contributed by atoms with Crippen LogP contribution in [0.1, 0.15) is 5.56 Å². The van der Waals surface area contributed by atoms with Crippen LogP contribution in [-0.2, 0) is 6.54 Å². The molecule has 0 aliphatic heterocycles. The Morgan fingerprint density at radius 1 is 1.47 bits per heavy atom. The molecule has 2 N–H and O–H groups in total. The number of halogens is 1. The first kappa shape index (κ1) is 12.3. The second-order valence-corrected chi connectivity index (χ2v) is 3.86. The summed E-state index contributed by atoms with van der Waals surface area (Å²) in [5, 5.41) is 12.6. The summed E-state index contributed by atoms with van der Waals surface area (Å²) in [7, 11) is 3.82. The maximum absolute atomic E-state index is 8.82. The smallest absolute Gasteiger partial charge is 0.0606 e. The van der Waals surface area contributed by atoms with Gasteiger partial charge in [-0.25, -0.2) is 0 Å². The number of rotatable bonds is 5. The number of aliphatic hydroxyl groups excluding tert-OH is 1. The van der Waals surface area contributed by atoms with E-state index >= 15 is 0 Å². The van der Waals surface area contributed by atoms with E-state index in [1.54, 1.807) is 0 Å². The highest BCUT2D eigenvalue weighted by Gasteiger charge is 2.04. The van der Waals surface area contributed by atoms with Crippen LogP contribution in [0, 0.1) is 0 Å². The summed E-state index contributed by atoms with van der Waals surface area (Å²) in [6.45, 7) is 1.52. The van der Waals surface area contributed by atoms with Crippen LogP contribution in [0.5, 0.6) is 0 Å². The van der Waals surface area contributed by atoms with E-state index in [4.69, 9.17) is 16.7 Å². The van der Waals surface area contributed by atoms with Gasteiger partial charge >= 0.3 is 0 Å². The van der Waals surface area contributed by atoms with Gasteiger partial charge in [-0.2, -0.15) is 0 Å². The zero-order chi connectivity index (χ0) is 11.3. The fourth-order valence-corrected chi connectivity index (χ4v) is 1.63. The Bertz CT molecular complexity index is 317. The second-order valence-electron chi connectivity index (χ2n) is 3.45. The second kappa shape index (κ2) is 5.95. The fourth-order valence-electron chi connectivity index (χ4n) is 1.39. The third-order valence-corrected chi connectivity index (χ3v) is 2.63. The first-order valence-electron chi connectivity index (χ1n) is 4.94. The molecule has 0 saturated carbocycles. The van der Waals surface area contributed by atoms with Crippen LogP contribution in [0.15, 0.2) is 18.2 Å². The van der Waals surface area contributed by atoms with E-state index < -0.39 is 0 Å². The Labute approximate surface area is 95.7 Å². The summed E-state index contributed by atoms with van der Waals surface area (Å²) in [6, 6.07) is 5.93. The average Bonchev–Trinajstić information content (AvgIpc) is 2.21. The minimum atomic E-state index is 0.145. The van der Waals surface area contributed by atoms with E-state index in [1.165, 1.54) is 0 Å². The van der Waals surface area contributed by atoms with Gasteiger partial charge in [-0.3, -0.25) is 0 Å². The molecule has 1 aromatic rings. The first-order valence-corrected chi connectivity index (χ1v) is 5.32. The normalized spacial score (nSPS) is 10.4. The number of nitrogens with zero attached hydrogens (tertiary/aromatic N) is 1. The summed E-state index contributed by atoms with van der Waals surface area (Å²) in [5.41, 5.74) is 2.11. The van der Waals surface area contributed by atoms with E-state index in [2.05, 4.69) is 5.32 Å². The summed E-state index contributed by atoms with van der Waals surface area (Å²) < 4.78 is 0. The molecule has 0 aliphatic rings. The van der Waals surface area contributed by atoms with Gasteiger partial charge < -0.3 is 15.3 Å². The van der Waals surface area contributed by atoms with E-state index in [1.807, 2.05) is 37.2 Å². The van der Waals surface area contributed by atoms with Gasteiger partial charge in [0.15, 0.2) is 0 Å². The lowest BCUT2D eigenvalue weighted by Crippen LogP contribution is -2.21. The van der Waals surface area contributed by atoms with Crippen molar-refractivity contribution in [1.29, 1.82) is 0 Å². The minimum Gasteiger partial charge on any atom is -0.395 e. The topological polar surface area (TPSA) is 35.5 Å². The monoisotopic (exact) mass is 228 g/mol. The molecule has 1 rings (SSSR count). The predicted octanol–water partition coefficient (Wildman–Crippen LogP) is 1.49. The van der Waals surface area contributed by atoms with Gasteiger partial charge in [0.05, 0.1) is 6.61 Å². The van der Waals surface area contributed by atoms with E-state index in [0.717, 1.165) is 22.8 Å². The van der Waals surface area contributed by atoms with Crippen molar-refractivity contribution in [3.8, 4) is 0 Å². The molecule has 1 aromatic carbocycles. The first-order chi connectivity index (χ1) is 7.19. The molecule has 4 heteroatoms. The van der Waals surface area contributed by atoms with Crippen molar-refractivity contribution in [2.45, 2.75) is 6.54 Å². The molecule has 0 aliphatic carbocycles. The zero-order valence-corrected chi connectivity index (χ0v) is 9.88. The highest BCUT2D eigenvalue weighted by Crippen LogP contribution is 2.22. The molecule has 0 atom stereocenters. The molecule has 15 heavy (non-hydrogen) atoms. The van der Waals surface area contributed by atoms with Gasteiger partial charge in [-0.05, 0) is 24.7 Å². The largest absolute Gasteiger partial charge is 0.395 e. The standard InChI is InChI=1S/C11H17ClN2O/c1-13-8-9-3-4-10(7-11(9)12)14(2)5-6-15/h3-4,7,13,15H,5-6,8H2,1-2H3. The Morgan fingerprint density at radius 3 is 2.73 bits per heavy atom. The Balaban J connectivity index is 2.81. The maximum Gasteiger partial charge on any atom is 0.0606 e. The number of likely N-dealkylation sites (N-methyl/N-ethyl adjacent to an activating group) is 1. The molecule has 0 fully saturated rings. The van der Waals surface area contributed by atoms with Crippen molar-refractivity contribution in [3.05, 3.63) is 28.8 Å². The Hall–Kier alpha value is -0.770. The van der Waals surface area contributed by atoms with Crippen LogP contribution in [-0.4, -0.2) is 32.4 Å². The number of hydrogen-bond acceptors (Lipinski definition) is 3. The molecule has 0 spiro atoms. The Kier molecular flexibility index (Phi) is 4.88. The van der Waals surface area contributed by atoms with Crippen molar-refractivity contribution < 1.29 is 5.11 Å². The number of benzene rings is 1. The predicted molar refractivity (Wildman–Crippen MR) is 64.6 cm³/mol. The molecule has 0 amide bonds. The van der Waals surface area contributed by atoms with E-state index in [-0.39, 0.29) is 6.61 Å². The molecular weight excluding hydrogens is 212 g/mol. The van der Waals surface area contributed by atoms with Crippen LogP contribution >= 0.6 is 11.6 Å². The molecule has 3 nitrogen and oxygen atoms in total. The molecule has 0 aromatic heterocycles. The lowest BCUT2D eigenvalue weighted by molar-refractivity contribution is 0.304. The van der Waals surface area contributed by atoms with Crippen LogP contribution in [0.2, 0.25) is 5.02 Å². The van der Waals surface area contributed by atoms with Gasteiger partial charge in [0.25, 0.3) is 0 Å². The van der Waals surface area contributed by atoms with Gasteiger partial charge in [0.2, 0.25) is 0 Å². The number of hydrogen-bond donors (Lipinski definition) is 2. The molecule has 0 saturated heterocycles. The van der Waals surface area contributed by atoms with Crippen molar-refractivity contribution >= 4 is 17.3 Å². The van der Waals surface area contributed by atoms with E-state index in [0.29, 0.717) is 6.54 Å². The molecule has 0 unspecified atom stereocenters. The van der Waals surface area contributed by atoms with Crippen molar-refractivity contribution in [3.63, 3.8) is 0 Å². The highest BCUT2D eigenvalue weighted by molar-refractivity contribution is 6.31. The van der Waals surface area contributed by atoms with Crippen molar-refractivity contribution in [2.24, 2.45) is 0 Å². The van der Waals surface area contributed by atoms with Crippen LogP contribution in [0.3, 0.4) is 0 Å². The molecule has 84 valence electrons. The summed E-state index contributed by atoms with van der Waals surface area (Å²) >= 11 is 6.12. The van der Waals surface area contributed by atoms with Crippen molar-refractivity contribution in [2.75, 3.05) is 32.1 Å². The van der Waals surface area contributed by atoms with Crippen molar-refractivity contribution in [1.82, 2.24) is 5.32 Å². The third kappa shape index (κ3) is 3.38. The summed E-state index contributed by atoms with van der Waals surface area (Å²) in [4.78, 5) is 1.97. The average molecular weight is 229 g/mol. The van der Waals surface area contributed by atoms with Gasteiger partial charge in [-0.1, -0.05) is 17.7 Å². The summed E-state index contributed by atoms with van der Waals surface area (Å²) in [5.74, 6) is 0. The number of anilines is 1. The Morgan fingerprint density at radius 2 is 2.20 bits per heavy atom. The molecule has 0 bridgehead atoms. The third-order valence-electron chi connectivity index (χ3n) is 2.28. The van der Waals surface area contributed by atoms with E-state index in [9.17, 15) is 0 Å². The summed E-state index contributed by atoms with van der Waals surface area (Å²) in [6.07, 6.45) is 0. The quantitative estimate of drug-likeness (QED) is 0.802. The van der Waals surface area contributed by atoms with Crippen LogP contribution in [0.4, 0.5) is 5.69 Å². The van der Waals surface area contributed by atoms with Gasteiger partial charge in [0.1, 0.15) is 0 Å². The maximum atomic E-state index is 8.82. The fraction of sp³-hybridized carbons (Fsp3) is 0.455. The minimum absolute atomic E-state index is 0.145. The van der Waals surface area contributed by atoms with Crippen LogP contribution in [0.25, 0.3) is 0 Å².